The summed E-state index contributed by atoms with van der Waals surface area (Å²) < 4.78 is 27.0. The second kappa shape index (κ2) is 4.85. The molecule has 0 amide bonds. The average molecular weight is 306 g/mol. The van der Waals surface area contributed by atoms with Crippen molar-refractivity contribution in [3.8, 4) is 5.69 Å². The molecule has 1 aromatic carbocycles. The molecule has 0 atom stereocenters. The summed E-state index contributed by atoms with van der Waals surface area (Å²) in [4.78, 5) is 0.184. The first-order valence-corrected chi connectivity index (χ1v) is 8.21. The number of nitrogen functional groups attached to an aromatic ring is 1. The predicted molar refractivity (Wildman–Crippen MR) is 80.8 cm³/mol. The van der Waals surface area contributed by atoms with Gasteiger partial charge >= 0.3 is 0 Å². The number of aromatic nitrogens is 2. The minimum Gasteiger partial charge on any atom is -0.397 e. The fraction of sp³-hybridized carbons (Fsp3) is 0.357. The highest BCUT2D eigenvalue weighted by Gasteiger charge is 2.26. The van der Waals surface area contributed by atoms with Crippen molar-refractivity contribution in [2.45, 2.75) is 23.7 Å². The van der Waals surface area contributed by atoms with E-state index < -0.39 is 10.0 Å². The Labute approximate surface area is 124 Å². The number of nitrogens with two attached hydrogens (primary N) is 1. The monoisotopic (exact) mass is 306 g/mol. The van der Waals surface area contributed by atoms with E-state index >= 15 is 0 Å². The molecule has 7 heteroatoms. The first kappa shape index (κ1) is 14.1. The standard InChI is InChI=1S/C14H18N4O2S/c1-17(2)21(19,20)11-5-6-14(12(15)9-11)18-8-7-13(16-18)10-3-4-10/h5-10H,3-4,15H2,1-2H3. The Kier molecular flexibility index (Phi) is 3.26. The first-order chi connectivity index (χ1) is 9.89. The molecular formula is C14H18N4O2S. The molecule has 2 aromatic rings. The number of sulfonamides is 1. The quantitative estimate of drug-likeness (QED) is 0.870. The third kappa shape index (κ3) is 2.54. The third-order valence-corrected chi connectivity index (χ3v) is 5.44. The van der Waals surface area contributed by atoms with Crippen molar-refractivity contribution in [3.05, 3.63) is 36.2 Å². The van der Waals surface area contributed by atoms with E-state index in [-0.39, 0.29) is 4.90 Å². The van der Waals surface area contributed by atoms with Crippen molar-refractivity contribution in [3.63, 3.8) is 0 Å². The van der Waals surface area contributed by atoms with Gasteiger partial charge in [-0.3, -0.25) is 0 Å². The lowest BCUT2D eigenvalue weighted by Gasteiger charge is -2.13. The fourth-order valence-electron chi connectivity index (χ4n) is 2.18. The Morgan fingerprint density at radius 3 is 2.57 bits per heavy atom. The van der Waals surface area contributed by atoms with E-state index in [1.807, 2.05) is 12.3 Å². The van der Waals surface area contributed by atoms with Crippen LogP contribution >= 0.6 is 0 Å². The van der Waals surface area contributed by atoms with Crippen LogP contribution in [0.4, 0.5) is 5.69 Å². The number of benzene rings is 1. The van der Waals surface area contributed by atoms with Crippen molar-refractivity contribution in [1.29, 1.82) is 0 Å². The predicted octanol–water partition coefficient (Wildman–Crippen LogP) is 1.58. The smallest absolute Gasteiger partial charge is 0.242 e. The molecule has 0 spiro atoms. The van der Waals surface area contributed by atoms with Gasteiger partial charge in [0.15, 0.2) is 0 Å². The summed E-state index contributed by atoms with van der Waals surface area (Å²) >= 11 is 0. The third-order valence-electron chi connectivity index (χ3n) is 3.63. The van der Waals surface area contributed by atoms with Crippen LogP contribution in [-0.2, 0) is 10.0 Å². The maximum absolute atomic E-state index is 12.1. The van der Waals surface area contributed by atoms with Crippen LogP contribution in [0, 0.1) is 0 Å². The molecule has 6 nitrogen and oxygen atoms in total. The van der Waals surface area contributed by atoms with Crippen LogP contribution in [0.1, 0.15) is 24.5 Å². The van der Waals surface area contributed by atoms with E-state index in [9.17, 15) is 8.42 Å². The van der Waals surface area contributed by atoms with Gasteiger partial charge in [0.1, 0.15) is 0 Å². The van der Waals surface area contributed by atoms with Crippen LogP contribution in [0.2, 0.25) is 0 Å². The first-order valence-electron chi connectivity index (χ1n) is 6.77. The van der Waals surface area contributed by atoms with Gasteiger partial charge in [-0.1, -0.05) is 0 Å². The Hall–Kier alpha value is -1.86. The van der Waals surface area contributed by atoms with Crippen LogP contribution in [0.3, 0.4) is 0 Å². The van der Waals surface area contributed by atoms with E-state index in [1.165, 1.54) is 37.3 Å². The van der Waals surface area contributed by atoms with E-state index in [1.54, 1.807) is 16.8 Å². The molecule has 1 saturated carbocycles. The molecule has 1 aromatic heterocycles. The zero-order chi connectivity index (χ0) is 15.2. The zero-order valence-corrected chi connectivity index (χ0v) is 12.8. The molecule has 0 unspecified atom stereocenters. The molecule has 1 fully saturated rings. The van der Waals surface area contributed by atoms with Crippen LogP contribution in [0.25, 0.3) is 5.69 Å². The van der Waals surface area contributed by atoms with Gasteiger partial charge in [0.2, 0.25) is 10.0 Å². The van der Waals surface area contributed by atoms with E-state index in [2.05, 4.69) is 5.10 Å². The van der Waals surface area contributed by atoms with Gasteiger partial charge in [-0.05, 0) is 37.1 Å². The lowest BCUT2D eigenvalue weighted by atomic mass is 10.3. The van der Waals surface area contributed by atoms with Gasteiger partial charge in [-0.15, -0.1) is 0 Å². The molecule has 0 saturated heterocycles. The topological polar surface area (TPSA) is 81.2 Å². The summed E-state index contributed by atoms with van der Waals surface area (Å²) in [5.74, 6) is 0.570. The van der Waals surface area contributed by atoms with Gasteiger partial charge in [0.05, 0.1) is 22.0 Å². The summed E-state index contributed by atoms with van der Waals surface area (Å²) in [6.07, 6.45) is 4.23. The van der Waals surface area contributed by atoms with Gasteiger partial charge < -0.3 is 5.73 Å². The van der Waals surface area contributed by atoms with Gasteiger partial charge in [0, 0.05) is 26.2 Å². The largest absolute Gasteiger partial charge is 0.397 e. The summed E-state index contributed by atoms with van der Waals surface area (Å²) in [7, 11) is -0.483. The van der Waals surface area contributed by atoms with Crippen LogP contribution in [0.15, 0.2) is 35.4 Å². The van der Waals surface area contributed by atoms with Gasteiger partial charge in [-0.25, -0.2) is 17.4 Å². The Bertz CT molecular complexity index is 776. The maximum Gasteiger partial charge on any atom is 0.242 e. The van der Waals surface area contributed by atoms with E-state index in [4.69, 9.17) is 5.73 Å². The normalized spacial score (nSPS) is 15.6. The number of hydrogen-bond acceptors (Lipinski definition) is 4. The summed E-state index contributed by atoms with van der Waals surface area (Å²) in [6.45, 7) is 0. The number of rotatable bonds is 4. The molecule has 0 aliphatic heterocycles. The minimum atomic E-state index is -3.47. The molecule has 1 aliphatic rings. The Morgan fingerprint density at radius 2 is 2.00 bits per heavy atom. The molecule has 112 valence electrons. The van der Waals surface area contributed by atoms with Crippen molar-refractivity contribution in [2.75, 3.05) is 19.8 Å². The number of anilines is 1. The molecule has 0 radical (unpaired) electrons. The molecular weight excluding hydrogens is 288 g/mol. The van der Waals surface area contributed by atoms with Gasteiger partial charge in [0.25, 0.3) is 0 Å². The maximum atomic E-state index is 12.1. The second-order valence-electron chi connectivity index (χ2n) is 5.47. The van der Waals surface area contributed by atoms with Crippen molar-refractivity contribution in [2.24, 2.45) is 0 Å². The van der Waals surface area contributed by atoms with Crippen molar-refractivity contribution < 1.29 is 8.42 Å². The average Bonchev–Trinajstić information content (AvgIpc) is 3.17. The molecule has 1 heterocycles. The lowest BCUT2D eigenvalue weighted by Crippen LogP contribution is -2.22. The van der Waals surface area contributed by atoms with Crippen LogP contribution in [-0.4, -0.2) is 36.6 Å². The fourth-order valence-corrected chi connectivity index (χ4v) is 3.12. The van der Waals surface area contributed by atoms with E-state index in [0.29, 0.717) is 17.3 Å². The Balaban J connectivity index is 1.97. The molecule has 21 heavy (non-hydrogen) atoms. The SMILES string of the molecule is CN(C)S(=O)(=O)c1ccc(-n2ccc(C3CC3)n2)c(N)c1. The summed E-state index contributed by atoms with van der Waals surface area (Å²) in [5, 5.41) is 4.51. The Morgan fingerprint density at radius 1 is 1.29 bits per heavy atom. The van der Waals surface area contributed by atoms with Crippen molar-refractivity contribution in [1.82, 2.24) is 14.1 Å². The molecule has 3 rings (SSSR count). The van der Waals surface area contributed by atoms with E-state index in [0.717, 1.165) is 5.69 Å². The lowest BCUT2D eigenvalue weighted by molar-refractivity contribution is 0.521. The van der Waals surface area contributed by atoms with Crippen LogP contribution < -0.4 is 5.73 Å². The molecule has 1 aliphatic carbocycles. The highest BCUT2D eigenvalue weighted by atomic mass is 32.2. The zero-order valence-electron chi connectivity index (χ0n) is 12.0. The number of nitrogens with zero attached hydrogens (tertiary/aromatic N) is 3. The molecule has 0 bridgehead atoms. The minimum absolute atomic E-state index is 0.184. The summed E-state index contributed by atoms with van der Waals surface area (Å²) in [6, 6.07) is 6.71. The highest BCUT2D eigenvalue weighted by molar-refractivity contribution is 7.89. The second-order valence-corrected chi connectivity index (χ2v) is 7.62. The van der Waals surface area contributed by atoms with Gasteiger partial charge in [-0.2, -0.15) is 5.10 Å². The van der Waals surface area contributed by atoms with Crippen molar-refractivity contribution >= 4 is 15.7 Å². The highest BCUT2D eigenvalue weighted by Crippen LogP contribution is 2.39. The van der Waals surface area contributed by atoms with Crippen LogP contribution in [0.5, 0.6) is 0 Å². The number of hydrogen-bond donors (Lipinski definition) is 1. The molecule has 2 N–H and O–H groups in total. The summed E-state index contributed by atoms with van der Waals surface area (Å²) in [5.41, 5.74) is 8.16.